The van der Waals surface area contributed by atoms with Gasteiger partial charge in [-0.25, -0.2) is 4.98 Å². The minimum atomic E-state index is 0.554. The first-order valence-corrected chi connectivity index (χ1v) is 8.30. The van der Waals surface area contributed by atoms with E-state index in [2.05, 4.69) is 29.5 Å². The van der Waals surface area contributed by atoms with E-state index < -0.39 is 0 Å². The van der Waals surface area contributed by atoms with Crippen LogP contribution in [0.1, 0.15) is 63.3 Å². The van der Waals surface area contributed by atoms with Crippen LogP contribution in [0.4, 0.5) is 0 Å². The van der Waals surface area contributed by atoms with Crippen molar-refractivity contribution in [2.24, 2.45) is 5.92 Å². The number of hydrogen-bond donors (Lipinski definition) is 1. The van der Waals surface area contributed by atoms with Crippen LogP contribution in [0.3, 0.4) is 0 Å². The maximum Gasteiger partial charge on any atom is 0.0965 e. The summed E-state index contributed by atoms with van der Waals surface area (Å²) >= 11 is 1.77. The molecule has 1 aromatic heterocycles. The smallest absolute Gasteiger partial charge is 0.0965 e. The second kappa shape index (κ2) is 7.25. The van der Waals surface area contributed by atoms with Crippen molar-refractivity contribution in [3.8, 4) is 0 Å². The van der Waals surface area contributed by atoms with Gasteiger partial charge in [-0.2, -0.15) is 0 Å². The highest BCUT2D eigenvalue weighted by Crippen LogP contribution is 2.28. The molecule has 0 saturated heterocycles. The van der Waals surface area contributed by atoms with E-state index in [0.29, 0.717) is 5.92 Å². The molecule has 0 aliphatic heterocycles. The fraction of sp³-hybridized carbons (Fsp3) is 0.800. The normalized spacial score (nSPS) is 26.1. The van der Waals surface area contributed by atoms with Crippen LogP contribution in [0.25, 0.3) is 0 Å². The van der Waals surface area contributed by atoms with Crippen molar-refractivity contribution in [1.29, 1.82) is 0 Å². The third-order valence-corrected chi connectivity index (χ3v) is 5.14. The molecule has 1 N–H and O–H groups in total. The summed E-state index contributed by atoms with van der Waals surface area (Å²) in [6.07, 6.45) is 10.3. The zero-order valence-electron chi connectivity index (χ0n) is 11.7. The predicted octanol–water partition coefficient (Wildman–Crippen LogP) is 4.20. The van der Waals surface area contributed by atoms with Crippen molar-refractivity contribution in [2.45, 2.75) is 64.3 Å². The van der Waals surface area contributed by atoms with Gasteiger partial charge < -0.3 is 5.32 Å². The molecule has 18 heavy (non-hydrogen) atoms. The Morgan fingerprint density at radius 1 is 1.39 bits per heavy atom. The van der Waals surface area contributed by atoms with E-state index in [1.54, 1.807) is 11.3 Å². The monoisotopic (exact) mass is 266 g/mol. The molecule has 1 unspecified atom stereocenters. The molecule has 0 bridgehead atoms. The van der Waals surface area contributed by atoms with Gasteiger partial charge in [0.15, 0.2) is 0 Å². The van der Waals surface area contributed by atoms with E-state index in [0.717, 1.165) is 18.5 Å². The molecule has 0 aromatic carbocycles. The lowest BCUT2D eigenvalue weighted by Gasteiger charge is -2.29. The molecule has 102 valence electrons. The van der Waals surface area contributed by atoms with Gasteiger partial charge in [-0.05, 0) is 31.6 Å². The lowest BCUT2D eigenvalue weighted by molar-refractivity contribution is 0.276. The van der Waals surface area contributed by atoms with Gasteiger partial charge in [-0.1, -0.05) is 26.7 Å². The zero-order valence-corrected chi connectivity index (χ0v) is 12.5. The quantitative estimate of drug-likeness (QED) is 0.835. The summed E-state index contributed by atoms with van der Waals surface area (Å²) in [5.41, 5.74) is 0. The molecule has 3 heteroatoms. The van der Waals surface area contributed by atoms with Crippen LogP contribution < -0.4 is 5.32 Å². The highest BCUT2D eigenvalue weighted by atomic mass is 32.1. The topological polar surface area (TPSA) is 24.9 Å². The van der Waals surface area contributed by atoms with Gasteiger partial charge in [0, 0.05) is 30.1 Å². The summed E-state index contributed by atoms with van der Waals surface area (Å²) in [6, 6.07) is 0.750. The predicted molar refractivity (Wildman–Crippen MR) is 79.2 cm³/mol. The summed E-state index contributed by atoms with van der Waals surface area (Å²) in [4.78, 5) is 4.39. The van der Waals surface area contributed by atoms with Gasteiger partial charge in [0.1, 0.15) is 0 Å². The molecular formula is C15H26N2S. The Kier molecular flexibility index (Phi) is 5.64. The minimum absolute atomic E-state index is 0.554. The van der Waals surface area contributed by atoms with Crippen LogP contribution in [0.2, 0.25) is 0 Å². The molecule has 2 rings (SSSR count). The number of nitrogens with one attached hydrogen (secondary N) is 1. The van der Waals surface area contributed by atoms with Crippen LogP contribution in [-0.4, -0.2) is 17.6 Å². The molecule has 1 heterocycles. The molecule has 1 saturated carbocycles. The summed E-state index contributed by atoms with van der Waals surface area (Å²) in [7, 11) is 0. The van der Waals surface area contributed by atoms with Gasteiger partial charge >= 0.3 is 0 Å². The third kappa shape index (κ3) is 4.06. The number of rotatable bonds is 6. The average molecular weight is 266 g/mol. The molecule has 0 amide bonds. The Hall–Kier alpha value is -0.410. The van der Waals surface area contributed by atoms with Crippen LogP contribution >= 0.6 is 11.3 Å². The van der Waals surface area contributed by atoms with E-state index >= 15 is 0 Å². The van der Waals surface area contributed by atoms with Gasteiger partial charge in [-0.15, -0.1) is 11.3 Å². The Morgan fingerprint density at radius 3 is 2.78 bits per heavy atom. The third-order valence-electron chi connectivity index (χ3n) is 4.13. The van der Waals surface area contributed by atoms with Crippen LogP contribution in [-0.2, 0) is 0 Å². The van der Waals surface area contributed by atoms with E-state index in [1.165, 1.54) is 43.5 Å². The van der Waals surface area contributed by atoms with Crippen LogP contribution in [0.5, 0.6) is 0 Å². The zero-order chi connectivity index (χ0) is 12.8. The average Bonchev–Trinajstić information content (AvgIpc) is 2.92. The molecule has 2 nitrogen and oxygen atoms in total. The second-order valence-corrected chi connectivity index (χ2v) is 6.61. The first-order valence-electron chi connectivity index (χ1n) is 7.42. The first kappa shape index (κ1) is 14.0. The van der Waals surface area contributed by atoms with Crippen molar-refractivity contribution in [3.05, 3.63) is 16.6 Å². The van der Waals surface area contributed by atoms with Crippen molar-refractivity contribution >= 4 is 11.3 Å². The lowest BCUT2D eigenvalue weighted by Crippen LogP contribution is -2.35. The van der Waals surface area contributed by atoms with Crippen molar-refractivity contribution < 1.29 is 0 Å². The van der Waals surface area contributed by atoms with Crippen LogP contribution in [0.15, 0.2) is 11.6 Å². The Morgan fingerprint density at radius 2 is 2.17 bits per heavy atom. The molecule has 1 atom stereocenters. The van der Waals surface area contributed by atoms with Gasteiger partial charge in [0.2, 0.25) is 0 Å². The first-order chi connectivity index (χ1) is 8.79. The Balaban J connectivity index is 1.66. The molecular weight excluding hydrogens is 240 g/mol. The van der Waals surface area contributed by atoms with E-state index in [1.807, 2.05) is 6.20 Å². The second-order valence-electron chi connectivity index (χ2n) is 5.69. The highest BCUT2D eigenvalue weighted by Gasteiger charge is 2.20. The number of hydrogen-bond acceptors (Lipinski definition) is 3. The molecule has 0 spiro atoms. The Bertz CT molecular complexity index is 315. The van der Waals surface area contributed by atoms with E-state index in [9.17, 15) is 0 Å². The van der Waals surface area contributed by atoms with Crippen LogP contribution in [0, 0.1) is 5.92 Å². The fourth-order valence-corrected chi connectivity index (χ4v) is 3.67. The van der Waals surface area contributed by atoms with Gasteiger partial charge in [0.25, 0.3) is 0 Å². The molecule has 1 aliphatic carbocycles. The van der Waals surface area contributed by atoms with E-state index in [4.69, 9.17) is 0 Å². The lowest BCUT2D eigenvalue weighted by atomic mass is 9.83. The maximum atomic E-state index is 4.39. The van der Waals surface area contributed by atoms with Crippen molar-refractivity contribution in [3.63, 3.8) is 0 Å². The SMILES string of the molecule is CCCC1CCC(NCC(C)c2nccs2)CC1. The van der Waals surface area contributed by atoms with Gasteiger partial charge in [0.05, 0.1) is 5.01 Å². The van der Waals surface area contributed by atoms with Crippen molar-refractivity contribution in [2.75, 3.05) is 6.54 Å². The molecule has 1 fully saturated rings. The van der Waals surface area contributed by atoms with Crippen molar-refractivity contribution in [1.82, 2.24) is 10.3 Å². The largest absolute Gasteiger partial charge is 0.313 e. The summed E-state index contributed by atoms with van der Waals surface area (Å²) in [5, 5.41) is 7.08. The van der Waals surface area contributed by atoms with Gasteiger partial charge in [-0.3, -0.25) is 0 Å². The highest BCUT2D eigenvalue weighted by molar-refractivity contribution is 7.09. The standard InChI is InChI=1S/C15H26N2S/c1-3-4-13-5-7-14(8-6-13)17-11-12(2)15-16-9-10-18-15/h9-10,12-14,17H,3-8,11H2,1-2H3. The van der Waals surface area contributed by atoms with E-state index in [-0.39, 0.29) is 0 Å². The molecule has 0 radical (unpaired) electrons. The Labute approximate surface area is 115 Å². The summed E-state index contributed by atoms with van der Waals surface area (Å²) in [6.45, 7) is 5.66. The number of nitrogens with zero attached hydrogens (tertiary/aromatic N) is 1. The molecule has 1 aromatic rings. The maximum absolute atomic E-state index is 4.39. The fourth-order valence-electron chi connectivity index (χ4n) is 2.97. The number of aromatic nitrogens is 1. The number of thiazole rings is 1. The summed E-state index contributed by atoms with van der Waals surface area (Å²) in [5.74, 6) is 1.56. The minimum Gasteiger partial charge on any atom is -0.313 e. The summed E-state index contributed by atoms with van der Waals surface area (Å²) < 4.78 is 0. The molecule has 1 aliphatic rings.